The van der Waals surface area contributed by atoms with Gasteiger partial charge in [-0.15, -0.1) is 0 Å². The summed E-state index contributed by atoms with van der Waals surface area (Å²) in [4.78, 5) is 11.7. The zero-order valence-corrected chi connectivity index (χ0v) is 8.57. The summed E-state index contributed by atoms with van der Waals surface area (Å²) in [7, 11) is 0. The molecule has 2 rings (SSSR count). The minimum atomic E-state index is -0.706. The average molecular weight is 212 g/mol. The Morgan fingerprint density at radius 2 is 2.27 bits per heavy atom. The van der Waals surface area contributed by atoms with Gasteiger partial charge in [-0.25, -0.2) is 4.39 Å². The van der Waals surface area contributed by atoms with E-state index in [9.17, 15) is 9.18 Å². The van der Waals surface area contributed by atoms with E-state index in [-0.39, 0.29) is 5.78 Å². The predicted molar refractivity (Wildman–Crippen MR) is 50.9 cm³/mol. The summed E-state index contributed by atoms with van der Waals surface area (Å²) in [5, 5.41) is 3.90. The number of ketones is 1. The third-order valence-electron chi connectivity index (χ3n) is 2.96. The van der Waals surface area contributed by atoms with E-state index >= 15 is 0 Å². The number of ether oxygens (including phenoxy) is 1. The molecule has 0 spiro atoms. The van der Waals surface area contributed by atoms with Crippen molar-refractivity contribution in [1.29, 1.82) is 0 Å². The predicted octanol–water partition coefficient (Wildman–Crippen LogP) is 1.12. The van der Waals surface area contributed by atoms with Gasteiger partial charge in [-0.05, 0) is 6.92 Å². The van der Waals surface area contributed by atoms with Crippen molar-refractivity contribution >= 4 is 5.78 Å². The third-order valence-corrected chi connectivity index (χ3v) is 2.96. The Kier molecular flexibility index (Phi) is 2.56. The largest absolute Gasteiger partial charge is 0.381 e. The van der Waals surface area contributed by atoms with E-state index in [1.165, 1.54) is 17.8 Å². The van der Waals surface area contributed by atoms with Crippen molar-refractivity contribution in [3.63, 3.8) is 0 Å². The fourth-order valence-corrected chi connectivity index (χ4v) is 1.99. The Morgan fingerprint density at radius 3 is 2.73 bits per heavy atom. The molecule has 0 amide bonds. The first-order valence-electron chi connectivity index (χ1n) is 4.94. The van der Waals surface area contributed by atoms with Crippen LogP contribution in [0.25, 0.3) is 0 Å². The number of carbonyl (C=O) groups excluding carboxylic acids is 1. The minimum Gasteiger partial charge on any atom is -0.381 e. The number of hydrogen-bond acceptors (Lipinski definition) is 3. The maximum absolute atomic E-state index is 12.9. The maximum Gasteiger partial charge on any atom is 0.161 e. The number of aromatic nitrogens is 2. The summed E-state index contributed by atoms with van der Waals surface area (Å²) < 4.78 is 19.5. The molecule has 1 aliphatic rings. The molecular formula is C10H13FN2O2. The van der Waals surface area contributed by atoms with Gasteiger partial charge >= 0.3 is 0 Å². The lowest BCUT2D eigenvalue weighted by atomic mass is 9.86. The molecule has 1 fully saturated rings. The summed E-state index contributed by atoms with van der Waals surface area (Å²) in [5.74, 6) is -0.406. The van der Waals surface area contributed by atoms with Gasteiger partial charge in [0, 0.05) is 26.1 Å². The second-order valence-electron chi connectivity index (χ2n) is 3.80. The molecular weight excluding hydrogens is 199 g/mol. The van der Waals surface area contributed by atoms with Gasteiger partial charge in [0.05, 0.1) is 12.4 Å². The SMILES string of the molecule is CC(=O)C1(n2cc(F)cn2)CCOCC1. The Balaban J connectivity index is 2.37. The first-order valence-corrected chi connectivity index (χ1v) is 4.94. The standard InChI is InChI=1S/C10H13FN2O2/c1-8(14)10(2-4-15-5-3-10)13-7-9(11)6-12-13/h6-7H,2-5H2,1H3. The molecule has 2 heterocycles. The van der Waals surface area contributed by atoms with Crippen LogP contribution in [0.3, 0.4) is 0 Å². The summed E-state index contributed by atoms with van der Waals surface area (Å²) >= 11 is 0. The van der Waals surface area contributed by atoms with Crippen molar-refractivity contribution in [2.24, 2.45) is 0 Å². The molecule has 1 aromatic heterocycles. The van der Waals surface area contributed by atoms with Crippen LogP contribution in [0.1, 0.15) is 19.8 Å². The highest BCUT2D eigenvalue weighted by Crippen LogP contribution is 2.29. The summed E-state index contributed by atoms with van der Waals surface area (Å²) in [6.07, 6.45) is 3.51. The highest BCUT2D eigenvalue weighted by atomic mass is 19.1. The van der Waals surface area contributed by atoms with E-state index < -0.39 is 11.4 Å². The minimum absolute atomic E-state index is 0.00824. The topological polar surface area (TPSA) is 44.1 Å². The first kappa shape index (κ1) is 10.3. The summed E-state index contributed by atoms with van der Waals surface area (Å²) in [6, 6.07) is 0. The number of carbonyl (C=O) groups is 1. The lowest BCUT2D eigenvalue weighted by molar-refractivity contribution is -0.131. The van der Waals surface area contributed by atoms with Crippen LogP contribution in [0.15, 0.2) is 12.4 Å². The zero-order chi connectivity index (χ0) is 10.9. The van der Waals surface area contributed by atoms with E-state index in [4.69, 9.17) is 4.74 Å². The highest BCUT2D eigenvalue weighted by Gasteiger charge is 2.39. The molecule has 1 aliphatic heterocycles. The number of rotatable bonds is 2. The van der Waals surface area contributed by atoms with Crippen LogP contribution in [0.2, 0.25) is 0 Å². The fourth-order valence-electron chi connectivity index (χ4n) is 1.99. The van der Waals surface area contributed by atoms with E-state index in [0.29, 0.717) is 26.1 Å². The van der Waals surface area contributed by atoms with Crippen LogP contribution in [0.4, 0.5) is 4.39 Å². The molecule has 15 heavy (non-hydrogen) atoms. The van der Waals surface area contributed by atoms with E-state index in [0.717, 1.165) is 6.20 Å². The van der Waals surface area contributed by atoms with Crippen LogP contribution in [0.5, 0.6) is 0 Å². The molecule has 0 atom stereocenters. The van der Waals surface area contributed by atoms with Crippen LogP contribution >= 0.6 is 0 Å². The molecule has 0 aliphatic carbocycles. The summed E-state index contributed by atoms with van der Waals surface area (Å²) in [5.41, 5.74) is -0.706. The van der Waals surface area contributed by atoms with Gasteiger partial charge in [-0.1, -0.05) is 0 Å². The van der Waals surface area contributed by atoms with Crippen molar-refractivity contribution in [2.45, 2.75) is 25.3 Å². The van der Waals surface area contributed by atoms with Crippen LogP contribution in [0, 0.1) is 5.82 Å². The van der Waals surface area contributed by atoms with Crippen LogP contribution in [-0.4, -0.2) is 28.8 Å². The normalized spacial score (nSPS) is 20.1. The van der Waals surface area contributed by atoms with Gasteiger partial charge in [-0.3, -0.25) is 9.48 Å². The van der Waals surface area contributed by atoms with Gasteiger partial charge in [0.15, 0.2) is 11.6 Å². The van der Waals surface area contributed by atoms with Crippen LogP contribution in [-0.2, 0) is 15.1 Å². The second kappa shape index (κ2) is 3.73. The second-order valence-corrected chi connectivity index (χ2v) is 3.80. The van der Waals surface area contributed by atoms with E-state index in [1.54, 1.807) is 0 Å². The molecule has 82 valence electrons. The molecule has 5 heteroatoms. The fraction of sp³-hybridized carbons (Fsp3) is 0.600. The Bertz CT molecular complexity index is 369. The molecule has 0 bridgehead atoms. The monoisotopic (exact) mass is 212 g/mol. The zero-order valence-electron chi connectivity index (χ0n) is 8.57. The highest BCUT2D eigenvalue weighted by molar-refractivity contribution is 5.84. The van der Waals surface area contributed by atoms with Crippen molar-refractivity contribution in [1.82, 2.24) is 9.78 Å². The Labute approximate surface area is 87.0 Å². The number of halogens is 1. The van der Waals surface area contributed by atoms with E-state index in [1.807, 2.05) is 0 Å². The summed E-state index contributed by atoms with van der Waals surface area (Å²) in [6.45, 7) is 2.55. The quantitative estimate of drug-likeness (QED) is 0.737. The smallest absolute Gasteiger partial charge is 0.161 e. The molecule has 0 radical (unpaired) electrons. The van der Waals surface area contributed by atoms with Gasteiger partial charge in [0.2, 0.25) is 0 Å². The number of hydrogen-bond donors (Lipinski definition) is 0. The first-order chi connectivity index (χ1) is 7.15. The average Bonchev–Trinajstić information content (AvgIpc) is 2.66. The lowest BCUT2D eigenvalue weighted by Gasteiger charge is -2.34. The Hall–Kier alpha value is -1.23. The van der Waals surface area contributed by atoms with Crippen molar-refractivity contribution in [2.75, 3.05) is 13.2 Å². The number of Topliss-reactive ketones (excluding diaryl/α,β-unsaturated/α-hetero) is 1. The molecule has 0 aromatic carbocycles. The van der Waals surface area contributed by atoms with Gasteiger partial charge in [-0.2, -0.15) is 5.10 Å². The van der Waals surface area contributed by atoms with Crippen molar-refractivity contribution < 1.29 is 13.9 Å². The molecule has 1 aromatic rings. The van der Waals surface area contributed by atoms with Crippen LogP contribution < -0.4 is 0 Å². The third kappa shape index (κ3) is 1.67. The van der Waals surface area contributed by atoms with Gasteiger partial charge in [0.25, 0.3) is 0 Å². The van der Waals surface area contributed by atoms with E-state index in [2.05, 4.69) is 5.10 Å². The lowest BCUT2D eigenvalue weighted by Crippen LogP contribution is -2.45. The van der Waals surface area contributed by atoms with Gasteiger partial charge < -0.3 is 4.74 Å². The molecule has 0 unspecified atom stereocenters. The molecule has 0 saturated carbocycles. The maximum atomic E-state index is 12.9. The molecule has 0 N–H and O–H groups in total. The van der Waals surface area contributed by atoms with Crippen molar-refractivity contribution in [3.8, 4) is 0 Å². The molecule has 4 nitrogen and oxygen atoms in total. The molecule has 1 saturated heterocycles. The number of nitrogens with zero attached hydrogens (tertiary/aromatic N) is 2. The van der Waals surface area contributed by atoms with Gasteiger partial charge in [0.1, 0.15) is 5.54 Å². The Morgan fingerprint density at radius 1 is 1.60 bits per heavy atom. The van der Waals surface area contributed by atoms with Crippen molar-refractivity contribution in [3.05, 3.63) is 18.2 Å².